The molecule has 0 spiro atoms. The van der Waals surface area contributed by atoms with Crippen LogP contribution in [0.1, 0.15) is 18.2 Å². The number of nitrogens with zero attached hydrogens (tertiary/aromatic N) is 2. The molecule has 1 unspecified atom stereocenters. The van der Waals surface area contributed by atoms with Crippen molar-refractivity contribution in [3.05, 3.63) is 72.1 Å². The fraction of sp³-hybridized carbons (Fsp3) is 0.143. The number of hydrogen-bond donors (Lipinski definition) is 1. The van der Waals surface area contributed by atoms with E-state index in [1.54, 1.807) is 12.1 Å². The number of anilines is 1. The lowest BCUT2D eigenvalue weighted by molar-refractivity contribution is -0.148. The molecule has 0 saturated carbocycles. The van der Waals surface area contributed by atoms with Gasteiger partial charge in [0.05, 0.1) is 28.5 Å². The number of esters is 1. The fourth-order valence-electron chi connectivity index (χ4n) is 2.49. The quantitative estimate of drug-likeness (QED) is 0.498. The van der Waals surface area contributed by atoms with Crippen LogP contribution in [0.3, 0.4) is 0 Å². The molecule has 0 aliphatic carbocycles. The summed E-state index contributed by atoms with van der Waals surface area (Å²) in [7, 11) is 0. The lowest BCUT2D eigenvalue weighted by Gasteiger charge is -2.13. The normalized spacial score (nSPS) is 12.7. The zero-order valence-electron chi connectivity index (χ0n) is 15.7. The van der Waals surface area contributed by atoms with Gasteiger partial charge in [-0.2, -0.15) is 13.2 Å². The molecule has 1 aromatic heterocycles. The van der Waals surface area contributed by atoms with Crippen LogP contribution in [-0.2, 0) is 20.5 Å². The summed E-state index contributed by atoms with van der Waals surface area (Å²) in [5.74, 6) is -1.57. The van der Waals surface area contributed by atoms with Gasteiger partial charge in [0.15, 0.2) is 6.10 Å². The van der Waals surface area contributed by atoms with Crippen molar-refractivity contribution in [1.29, 1.82) is 0 Å². The zero-order chi connectivity index (χ0) is 21.7. The van der Waals surface area contributed by atoms with Gasteiger partial charge >= 0.3 is 12.1 Å². The second-order valence-corrected chi connectivity index (χ2v) is 6.26. The molecule has 3 aromatic rings. The molecule has 2 aromatic carbocycles. The second-order valence-electron chi connectivity index (χ2n) is 6.26. The number of hydrogen-bond acceptors (Lipinski definition) is 5. The van der Waals surface area contributed by atoms with Gasteiger partial charge < -0.3 is 10.1 Å². The number of ether oxygens (including phenoxy) is 1. The minimum atomic E-state index is -4.53. The van der Waals surface area contributed by atoms with E-state index in [9.17, 15) is 22.8 Å². The Kier molecular flexibility index (Phi) is 6.10. The molecule has 0 fully saturated rings. The van der Waals surface area contributed by atoms with Crippen LogP contribution in [-0.4, -0.2) is 27.9 Å². The van der Waals surface area contributed by atoms with Gasteiger partial charge in [0.1, 0.15) is 0 Å². The van der Waals surface area contributed by atoms with Crippen LogP contribution >= 0.6 is 0 Å². The van der Waals surface area contributed by atoms with E-state index < -0.39 is 29.7 Å². The number of fused-ring (bicyclic) bond motifs is 1. The average Bonchev–Trinajstić information content (AvgIpc) is 2.71. The Balaban J connectivity index is 1.59. The van der Waals surface area contributed by atoms with Crippen LogP contribution in [0.25, 0.3) is 17.1 Å². The Morgan fingerprint density at radius 3 is 2.57 bits per heavy atom. The third-order valence-corrected chi connectivity index (χ3v) is 3.98. The van der Waals surface area contributed by atoms with Crippen molar-refractivity contribution in [3.8, 4) is 0 Å². The highest BCUT2D eigenvalue weighted by Gasteiger charge is 2.30. The Labute approximate surface area is 169 Å². The van der Waals surface area contributed by atoms with Crippen molar-refractivity contribution >= 4 is 34.7 Å². The van der Waals surface area contributed by atoms with Gasteiger partial charge in [-0.3, -0.25) is 9.78 Å². The largest absolute Gasteiger partial charge is 0.449 e. The van der Waals surface area contributed by atoms with E-state index in [2.05, 4.69) is 15.3 Å². The van der Waals surface area contributed by atoms with Crippen LogP contribution in [0.5, 0.6) is 0 Å². The van der Waals surface area contributed by atoms with E-state index in [-0.39, 0.29) is 5.69 Å². The van der Waals surface area contributed by atoms with Gasteiger partial charge in [-0.1, -0.05) is 18.2 Å². The van der Waals surface area contributed by atoms with E-state index in [1.807, 2.05) is 12.1 Å². The summed E-state index contributed by atoms with van der Waals surface area (Å²) in [6.07, 6.45) is -1.80. The van der Waals surface area contributed by atoms with E-state index in [1.165, 1.54) is 31.3 Å². The van der Waals surface area contributed by atoms with Gasteiger partial charge in [0.25, 0.3) is 5.91 Å². The van der Waals surface area contributed by atoms with Crippen LogP contribution in [0.15, 0.2) is 60.8 Å². The number of halogens is 3. The first-order valence-corrected chi connectivity index (χ1v) is 8.81. The van der Waals surface area contributed by atoms with Crippen LogP contribution in [0, 0.1) is 0 Å². The minimum absolute atomic E-state index is 0.0558. The molecule has 0 aliphatic rings. The van der Waals surface area contributed by atoms with E-state index >= 15 is 0 Å². The molecule has 0 aliphatic heterocycles. The molecule has 154 valence electrons. The maximum Gasteiger partial charge on any atom is 0.416 e. The Bertz CT molecular complexity index is 1110. The standard InChI is InChI=1S/C21H16F3N3O3/c1-13(20(29)27-15-6-4-5-14(11-15)21(22,23)24)30-19(28)10-9-16-12-25-17-7-2-3-8-18(17)26-16/h2-13H,1H3,(H,27,29)/b10-9+. The highest BCUT2D eigenvalue weighted by Crippen LogP contribution is 2.30. The summed E-state index contributed by atoms with van der Waals surface area (Å²) in [6.45, 7) is 1.31. The first kappa shape index (κ1) is 21.0. The van der Waals surface area contributed by atoms with Crippen molar-refractivity contribution in [1.82, 2.24) is 9.97 Å². The minimum Gasteiger partial charge on any atom is -0.449 e. The Morgan fingerprint density at radius 2 is 1.83 bits per heavy atom. The summed E-state index contributed by atoms with van der Waals surface area (Å²) < 4.78 is 43.2. The highest BCUT2D eigenvalue weighted by molar-refractivity contribution is 5.96. The van der Waals surface area contributed by atoms with Crippen molar-refractivity contribution in [2.24, 2.45) is 0 Å². The van der Waals surface area contributed by atoms with Gasteiger partial charge in [-0.25, -0.2) is 9.78 Å². The summed E-state index contributed by atoms with van der Waals surface area (Å²) in [6, 6.07) is 11.4. The molecular formula is C21H16F3N3O3. The molecule has 6 nitrogen and oxygen atoms in total. The smallest absolute Gasteiger partial charge is 0.416 e. The van der Waals surface area contributed by atoms with E-state index in [4.69, 9.17) is 4.74 Å². The molecule has 0 radical (unpaired) electrons. The van der Waals surface area contributed by atoms with Gasteiger partial charge in [-0.05, 0) is 43.3 Å². The van der Waals surface area contributed by atoms with Crippen molar-refractivity contribution < 1.29 is 27.5 Å². The SMILES string of the molecule is CC(OC(=O)/C=C/c1cnc2ccccc2n1)C(=O)Nc1cccc(C(F)(F)F)c1. The second kappa shape index (κ2) is 8.73. The Morgan fingerprint density at radius 1 is 1.10 bits per heavy atom. The maximum absolute atomic E-state index is 12.7. The zero-order valence-corrected chi connectivity index (χ0v) is 15.7. The summed E-state index contributed by atoms with van der Waals surface area (Å²) in [5.41, 5.74) is 0.828. The summed E-state index contributed by atoms with van der Waals surface area (Å²) in [5, 5.41) is 2.29. The van der Waals surface area contributed by atoms with Crippen molar-refractivity contribution in [2.75, 3.05) is 5.32 Å². The molecular weight excluding hydrogens is 399 g/mol. The first-order valence-electron chi connectivity index (χ1n) is 8.81. The molecule has 1 heterocycles. The number of rotatable bonds is 5. The molecule has 0 saturated heterocycles. The lowest BCUT2D eigenvalue weighted by Crippen LogP contribution is -2.29. The molecule has 3 rings (SSSR count). The molecule has 1 amide bonds. The van der Waals surface area contributed by atoms with Crippen molar-refractivity contribution in [3.63, 3.8) is 0 Å². The molecule has 30 heavy (non-hydrogen) atoms. The van der Waals surface area contributed by atoms with Crippen LogP contribution < -0.4 is 5.32 Å². The summed E-state index contributed by atoms with van der Waals surface area (Å²) >= 11 is 0. The van der Waals surface area contributed by atoms with Crippen LogP contribution in [0.2, 0.25) is 0 Å². The monoisotopic (exact) mass is 415 g/mol. The first-order chi connectivity index (χ1) is 14.2. The fourth-order valence-corrected chi connectivity index (χ4v) is 2.49. The number of benzene rings is 2. The van der Waals surface area contributed by atoms with Crippen LogP contribution in [0.4, 0.5) is 18.9 Å². The third-order valence-electron chi connectivity index (χ3n) is 3.98. The predicted octanol–water partition coefficient (Wildman–Crippen LogP) is 4.23. The Hall–Kier alpha value is -3.75. The number of aromatic nitrogens is 2. The number of nitrogens with one attached hydrogen (secondary N) is 1. The molecule has 1 atom stereocenters. The summed E-state index contributed by atoms with van der Waals surface area (Å²) in [4.78, 5) is 32.6. The number of alkyl halides is 3. The number of para-hydroxylation sites is 2. The van der Waals surface area contributed by atoms with Crippen molar-refractivity contribution in [2.45, 2.75) is 19.2 Å². The number of carbonyl (C=O) groups excluding carboxylic acids is 2. The number of amides is 1. The van der Waals surface area contributed by atoms with E-state index in [0.717, 1.165) is 18.2 Å². The van der Waals surface area contributed by atoms with Gasteiger partial charge in [-0.15, -0.1) is 0 Å². The van der Waals surface area contributed by atoms with Gasteiger partial charge in [0, 0.05) is 11.8 Å². The highest BCUT2D eigenvalue weighted by atomic mass is 19.4. The molecule has 1 N–H and O–H groups in total. The average molecular weight is 415 g/mol. The number of carbonyl (C=O) groups is 2. The topological polar surface area (TPSA) is 81.2 Å². The van der Waals surface area contributed by atoms with Gasteiger partial charge in [0.2, 0.25) is 0 Å². The molecule has 9 heteroatoms. The predicted molar refractivity (Wildman–Crippen MR) is 104 cm³/mol. The van der Waals surface area contributed by atoms with E-state index in [0.29, 0.717) is 16.7 Å². The maximum atomic E-state index is 12.7. The molecule has 0 bridgehead atoms. The lowest BCUT2D eigenvalue weighted by atomic mass is 10.2. The third kappa shape index (κ3) is 5.40.